The minimum atomic E-state index is -0.498. The molecule has 2 aromatic rings. The van der Waals surface area contributed by atoms with Crippen molar-refractivity contribution in [2.75, 3.05) is 0 Å². The first kappa shape index (κ1) is 14.0. The van der Waals surface area contributed by atoms with E-state index >= 15 is 0 Å². The second-order valence-corrected chi connectivity index (χ2v) is 4.53. The molecule has 104 valence electrons. The third kappa shape index (κ3) is 2.78. The van der Waals surface area contributed by atoms with Crippen molar-refractivity contribution >= 4 is 5.69 Å². The number of para-hydroxylation sites is 1. The lowest BCUT2D eigenvalue weighted by Crippen LogP contribution is -1.97. The van der Waals surface area contributed by atoms with Crippen LogP contribution in [-0.4, -0.2) is 10.0 Å². The van der Waals surface area contributed by atoms with E-state index in [1.807, 2.05) is 32.0 Å². The van der Waals surface area contributed by atoms with Crippen LogP contribution in [0.5, 0.6) is 11.5 Å². The number of benzene rings is 2. The molecule has 0 aliphatic carbocycles. The Balaban J connectivity index is 2.41. The second-order valence-electron chi connectivity index (χ2n) is 4.53. The van der Waals surface area contributed by atoms with Gasteiger partial charge in [0.05, 0.1) is 11.5 Å². The Hall–Kier alpha value is -2.40. The molecule has 5 heteroatoms. The predicted octanol–water partition coefficient (Wildman–Crippen LogP) is 3.50. The number of aliphatic hydroxyl groups excluding tert-OH is 1. The van der Waals surface area contributed by atoms with Gasteiger partial charge in [0, 0.05) is 17.7 Å². The van der Waals surface area contributed by atoms with E-state index in [9.17, 15) is 15.2 Å². The van der Waals surface area contributed by atoms with Gasteiger partial charge < -0.3 is 9.84 Å². The molecule has 20 heavy (non-hydrogen) atoms. The van der Waals surface area contributed by atoms with Gasteiger partial charge in [-0.25, -0.2) is 0 Å². The fraction of sp³-hybridized carbons (Fsp3) is 0.200. The SMILES string of the molecule is Cc1cccc(C)c1Oc1ccc([N+](=O)[O-])cc1CO. The van der Waals surface area contributed by atoms with Crippen molar-refractivity contribution in [2.24, 2.45) is 0 Å². The number of rotatable bonds is 4. The highest BCUT2D eigenvalue weighted by atomic mass is 16.6. The van der Waals surface area contributed by atoms with Crippen LogP contribution in [0.4, 0.5) is 5.69 Å². The summed E-state index contributed by atoms with van der Waals surface area (Å²) in [6, 6.07) is 9.97. The molecule has 0 radical (unpaired) electrons. The molecule has 0 atom stereocenters. The highest BCUT2D eigenvalue weighted by molar-refractivity contribution is 5.48. The van der Waals surface area contributed by atoms with Crippen molar-refractivity contribution in [3.8, 4) is 11.5 Å². The van der Waals surface area contributed by atoms with Gasteiger partial charge in [-0.15, -0.1) is 0 Å². The molecule has 0 heterocycles. The van der Waals surface area contributed by atoms with Crippen LogP contribution in [0.1, 0.15) is 16.7 Å². The summed E-state index contributed by atoms with van der Waals surface area (Å²) in [7, 11) is 0. The van der Waals surface area contributed by atoms with Crippen LogP contribution >= 0.6 is 0 Å². The molecule has 0 aliphatic heterocycles. The van der Waals surface area contributed by atoms with Crippen molar-refractivity contribution in [1.82, 2.24) is 0 Å². The van der Waals surface area contributed by atoms with E-state index in [1.165, 1.54) is 18.2 Å². The standard InChI is InChI=1S/C15H15NO4/c1-10-4-3-5-11(2)15(10)20-14-7-6-13(16(18)19)8-12(14)9-17/h3-8,17H,9H2,1-2H3. The number of aliphatic hydroxyl groups is 1. The Labute approximate surface area is 116 Å². The van der Waals surface area contributed by atoms with Crippen LogP contribution in [0.3, 0.4) is 0 Å². The van der Waals surface area contributed by atoms with Gasteiger partial charge in [0.2, 0.25) is 0 Å². The Kier molecular flexibility index (Phi) is 4.00. The fourth-order valence-electron chi connectivity index (χ4n) is 1.97. The Bertz CT molecular complexity index is 632. The summed E-state index contributed by atoms with van der Waals surface area (Å²) in [5.41, 5.74) is 2.25. The van der Waals surface area contributed by atoms with Crippen molar-refractivity contribution in [3.05, 3.63) is 63.2 Å². The summed E-state index contributed by atoms with van der Waals surface area (Å²) in [5, 5.41) is 20.1. The molecule has 0 bridgehead atoms. The molecule has 0 saturated heterocycles. The molecule has 0 unspecified atom stereocenters. The minimum absolute atomic E-state index is 0.0668. The van der Waals surface area contributed by atoms with Crippen LogP contribution in [0.15, 0.2) is 36.4 Å². The smallest absolute Gasteiger partial charge is 0.270 e. The van der Waals surface area contributed by atoms with Gasteiger partial charge in [-0.1, -0.05) is 18.2 Å². The van der Waals surface area contributed by atoms with Crippen LogP contribution in [-0.2, 0) is 6.61 Å². The highest BCUT2D eigenvalue weighted by Gasteiger charge is 2.13. The zero-order valence-corrected chi connectivity index (χ0v) is 11.3. The summed E-state index contributed by atoms with van der Waals surface area (Å²) in [6.45, 7) is 3.53. The average Bonchev–Trinajstić information content (AvgIpc) is 2.43. The van der Waals surface area contributed by atoms with Crippen molar-refractivity contribution in [2.45, 2.75) is 20.5 Å². The number of nitrogens with zero attached hydrogens (tertiary/aromatic N) is 1. The van der Waals surface area contributed by atoms with Gasteiger partial charge >= 0.3 is 0 Å². The molecule has 0 amide bonds. The first-order chi connectivity index (χ1) is 9.52. The lowest BCUT2D eigenvalue weighted by Gasteiger charge is -2.13. The van der Waals surface area contributed by atoms with E-state index in [0.717, 1.165) is 11.1 Å². The molecule has 0 aliphatic rings. The maximum atomic E-state index is 10.7. The Morgan fingerprint density at radius 2 is 1.85 bits per heavy atom. The molecular weight excluding hydrogens is 258 g/mol. The van der Waals surface area contributed by atoms with Gasteiger partial charge in [0.1, 0.15) is 11.5 Å². The van der Waals surface area contributed by atoms with Gasteiger partial charge in [-0.2, -0.15) is 0 Å². The quantitative estimate of drug-likeness (QED) is 0.683. The van der Waals surface area contributed by atoms with Crippen LogP contribution in [0, 0.1) is 24.0 Å². The van der Waals surface area contributed by atoms with Gasteiger partial charge in [0.15, 0.2) is 0 Å². The molecule has 2 aromatic carbocycles. The lowest BCUT2D eigenvalue weighted by molar-refractivity contribution is -0.385. The summed E-state index contributed by atoms with van der Waals surface area (Å²) >= 11 is 0. The molecule has 0 aromatic heterocycles. The van der Waals surface area contributed by atoms with E-state index in [0.29, 0.717) is 17.1 Å². The number of non-ortho nitro benzene ring substituents is 1. The fourth-order valence-corrected chi connectivity index (χ4v) is 1.97. The highest BCUT2D eigenvalue weighted by Crippen LogP contribution is 2.32. The second kappa shape index (κ2) is 5.71. The maximum absolute atomic E-state index is 10.7. The number of aryl methyl sites for hydroxylation is 2. The number of hydrogen-bond donors (Lipinski definition) is 1. The summed E-state index contributed by atoms with van der Waals surface area (Å²) in [6.07, 6.45) is 0. The molecular formula is C15H15NO4. The molecule has 2 rings (SSSR count). The van der Waals surface area contributed by atoms with E-state index in [-0.39, 0.29) is 12.3 Å². The monoisotopic (exact) mass is 273 g/mol. The first-order valence-corrected chi connectivity index (χ1v) is 6.15. The van der Waals surface area contributed by atoms with Gasteiger partial charge in [-0.3, -0.25) is 10.1 Å². The zero-order chi connectivity index (χ0) is 14.7. The van der Waals surface area contributed by atoms with E-state index in [2.05, 4.69) is 0 Å². The minimum Gasteiger partial charge on any atom is -0.456 e. The molecule has 5 nitrogen and oxygen atoms in total. The first-order valence-electron chi connectivity index (χ1n) is 6.15. The maximum Gasteiger partial charge on any atom is 0.270 e. The third-order valence-electron chi connectivity index (χ3n) is 3.05. The summed E-state index contributed by atoms with van der Waals surface area (Å²) in [5.74, 6) is 1.13. The molecule has 1 N–H and O–H groups in total. The molecule has 0 spiro atoms. The van der Waals surface area contributed by atoms with E-state index < -0.39 is 4.92 Å². The van der Waals surface area contributed by atoms with Crippen LogP contribution < -0.4 is 4.74 Å². The Morgan fingerprint density at radius 3 is 2.40 bits per heavy atom. The van der Waals surface area contributed by atoms with Crippen molar-refractivity contribution < 1.29 is 14.8 Å². The van der Waals surface area contributed by atoms with E-state index in [1.54, 1.807) is 0 Å². The number of ether oxygens (including phenoxy) is 1. The van der Waals surface area contributed by atoms with E-state index in [4.69, 9.17) is 4.74 Å². The largest absolute Gasteiger partial charge is 0.456 e. The van der Waals surface area contributed by atoms with Gasteiger partial charge in [-0.05, 0) is 31.0 Å². The van der Waals surface area contributed by atoms with Crippen molar-refractivity contribution in [1.29, 1.82) is 0 Å². The van der Waals surface area contributed by atoms with Crippen LogP contribution in [0.2, 0.25) is 0 Å². The molecule has 0 saturated carbocycles. The number of hydrogen-bond acceptors (Lipinski definition) is 4. The lowest BCUT2D eigenvalue weighted by atomic mass is 10.1. The van der Waals surface area contributed by atoms with Gasteiger partial charge in [0.25, 0.3) is 5.69 Å². The summed E-state index contributed by atoms with van der Waals surface area (Å²) in [4.78, 5) is 10.2. The normalized spacial score (nSPS) is 10.3. The molecule has 0 fully saturated rings. The Morgan fingerprint density at radius 1 is 1.20 bits per heavy atom. The predicted molar refractivity (Wildman–Crippen MR) is 75.0 cm³/mol. The topological polar surface area (TPSA) is 72.6 Å². The number of nitro groups is 1. The average molecular weight is 273 g/mol. The third-order valence-corrected chi connectivity index (χ3v) is 3.05. The van der Waals surface area contributed by atoms with Crippen LogP contribution in [0.25, 0.3) is 0 Å². The zero-order valence-electron chi connectivity index (χ0n) is 11.3. The summed E-state index contributed by atoms with van der Waals surface area (Å²) < 4.78 is 5.81. The van der Waals surface area contributed by atoms with Crippen molar-refractivity contribution in [3.63, 3.8) is 0 Å². The number of nitro benzene ring substituents is 1.